The van der Waals surface area contributed by atoms with Gasteiger partial charge in [-0.15, -0.1) is 11.8 Å². The number of rotatable bonds is 7. The van der Waals surface area contributed by atoms with Crippen LogP contribution >= 0.6 is 11.8 Å². The van der Waals surface area contributed by atoms with E-state index < -0.39 is 28.2 Å². The summed E-state index contributed by atoms with van der Waals surface area (Å²) in [4.78, 5) is 28.0. The highest BCUT2D eigenvalue weighted by atomic mass is 32.2. The third kappa shape index (κ3) is 3.87. The highest BCUT2D eigenvalue weighted by Crippen LogP contribution is 2.51. The fourth-order valence-electron chi connectivity index (χ4n) is 4.08. The maximum Gasteiger partial charge on any atom is 0.353 e. The van der Waals surface area contributed by atoms with Crippen molar-refractivity contribution < 1.29 is 28.2 Å². The number of carbonyl (C=O) groups is 2. The van der Waals surface area contributed by atoms with Gasteiger partial charge in [0.15, 0.2) is 0 Å². The summed E-state index contributed by atoms with van der Waals surface area (Å²) in [5.74, 6) is -2.24. The van der Waals surface area contributed by atoms with Gasteiger partial charge >= 0.3 is 5.97 Å². The third-order valence-corrected chi connectivity index (χ3v) is 7.39. The van der Waals surface area contributed by atoms with E-state index >= 15 is 0 Å². The van der Waals surface area contributed by atoms with Crippen molar-refractivity contribution in [3.8, 4) is 0 Å². The number of carbonyl (C=O) groups excluding carboxylic acids is 1. The molecule has 3 aliphatic rings. The number of nitrogens with one attached hydrogen (secondary N) is 1. The van der Waals surface area contributed by atoms with Crippen LogP contribution in [0.1, 0.15) is 20.3 Å². The average Bonchev–Trinajstić information content (AvgIpc) is 3.07. The van der Waals surface area contributed by atoms with Crippen LogP contribution in [0.2, 0.25) is 0 Å². The Morgan fingerprint density at radius 2 is 2.15 bits per heavy atom. The number of hydrogen-bond donors (Lipinski definition) is 4. The Bertz CT molecular complexity index is 783. The lowest BCUT2D eigenvalue weighted by Crippen LogP contribution is -2.63. The summed E-state index contributed by atoms with van der Waals surface area (Å²) >= 11 is 1.43. The van der Waals surface area contributed by atoms with E-state index in [-0.39, 0.29) is 35.5 Å². The van der Waals surface area contributed by atoms with Crippen LogP contribution in [-0.2, 0) is 19.8 Å². The zero-order valence-electron chi connectivity index (χ0n) is 15.0. The van der Waals surface area contributed by atoms with Crippen molar-refractivity contribution in [3.05, 3.63) is 10.6 Å². The Kier molecular flexibility index (Phi) is 5.58. The highest BCUT2D eigenvalue weighted by Gasteiger charge is 2.60. The first-order valence-electron chi connectivity index (χ1n) is 8.66. The molecule has 5 atom stereocenters. The SMILES string of the molecule is C[C@@H](O)[C@H]1C(=O)N2C(C(=O)O)=C(S[C@H]3CCN(CNS(N)(=O)=O)C3)[C@H](C)[C@H]12. The predicted octanol–water partition coefficient (Wildman–Crippen LogP) is -1.30. The van der Waals surface area contributed by atoms with Crippen molar-refractivity contribution >= 4 is 33.8 Å². The van der Waals surface area contributed by atoms with E-state index in [0.717, 1.165) is 6.42 Å². The van der Waals surface area contributed by atoms with Gasteiger partial charge in [0.25, 0.3) is 10.2 Å². The molecule has 0 saturated carbocycles. The quantitative estimate of drug-likeness (QED) is 0.371. The van der Waals surface area contributed by atoms with Gasteiger partial charge < -0.3 is 15.1 Å². The van der Waals surface area contributed by atoms with E-state index in [4.69, 9.17) is 5.14 Å². The highest BCUT2D eigenvalue weighted by molar-refractivity contribution is 8.03. The molecule has 5 N–H and O–H groups in total. The number of carboxylic acids is 1. The standard InChI is InChI=1S/C15H24N4O6S2/c1-7-11-10(8(2)20)14(21)19(11)12(15(22)23)13(7)26-9-3-4-18(5-9)6-17-27(16,24)25/h7-11,17,20H,3-6H2,1-2H3,(H,22,23)(H2,16,24,25)/t7-,8-,9+,10-,11-/m1/s1. The predicted molar refractivity (Wildman–Crippen MR) is 98.3 cm³/mol. The largest absolute Gasteiger partial charge is 0.477 e. The number of likely N-dealkylation sites (tertiary alicyclic amines) is 1. The first-order chi connectivity index (χ1) is 12.5. The van der Waals surface area contributed by atoms with Crippen molar-refractivity contribution in [1.29, 1.82) is 0 Å². The van der Waals surface area contributed by atoms with Gasteiger partial charge in [-0.3, -0.25) is 9.69 Å². The van der Waals surface area contributed by atoms with Crippen LogP contribution in [0, 0.1) is 11.8 Å². The molecule has 10 nitrogen and oxygen atoms in total. The molecule has 3 aliphatic heterocycles. The zero-order valence-corrected chi connectivity index (χ0v) is 16.7. The molecule has 27 heavy (non-hydrogen) atoms. The van der Waals surface area contributed by atoms with E-state index in [1.165, 1.54) is 16.7 Å². The van der Waals surface area contributed by atoms with Crippen molar-refractivity contribution in [2.24, 2.45) is 17.0 Å². The molecule has 0 aromatic rings. The number of aliphatic hydroxyl groups is 1. The lowest BCUT2D eigenvalue weighted by Gasteiger charge is -2.46. The maximum absolute atomic E-state index is 12.3. The molecule has 0 radical (unpaired) electrons. The van der Waals surface area contributed by atoms with Crippen molar-refractivity contribution in [1.82, 2.24) is 14.5 Å². The topological polar surface area (TPSA) is 153 Å². The third-order valence-electron chi connectivity index (χ3n) is 5.32. The molecule has 2 fully saturated rings. The van der Waals surface area contributed by atoms with Crippen molar-refractivity contribution in [2.45, 2.75) is 37.7 Å². The summed E-state index contributed by atoms with van der Waals surface area (Å²) in [6.45, 7) is 4.77. The fraction of sp³-hybridized carbons (Fsp3) is 0.733. The van der Waals surface area contributed by atoms with Crippen LogP contribution in [0.15, 0.2) is 10.6 Å². The summed E-state index contributed by atoms with van der Waals surface area (Å²) in [6, 6.07) is -0.326. The first kappa shape index (κ1) is 20.6. The minimum absolute atomic E-state index is 0.0144. The van der Waals surface area contributed by atoms with Gasteiger partial charge in [-0.1, -0.05) is 6.92 Å². The maximum atomic E-state index is 12.3. The number of carboxylic acid groups (broad SMARTS) is 1. The van der Waals surface area contributed by atoms with Crippen LogP contribution < -0.4 is 9.86 Å². The summed E-state index contributed by atoms with van der Waals surface area (Å²) in [7, 11) is -3.76. The van der Waals surface area contributed by atoms with Crippen LogP contribution in [0.4, 0.5) is 0 Å². The number of thioether (sulfide) groups is 1. The number of aliphatic carboxylic acids is 1. The molecular formula is C15H24N4O6S2. The van der Waals surface area contributed by atoms with Crippen LogP contribution in [0.5, 0.6) is 0 Å². The lowest BCUT2D eigenvalue weighted by atomic mass is 9.79. The lowest BCUT2D eigenvalue weighted by molar-refractivity contribution is -0.163. The van der Waals surface area contributed by atoms with Gasteiger partial charge in [-0.25, -0.2) is 9.93 Å². The summed E-state index contributed by atoms with van der Waals surface area (Å²) in [5.41, 5.74) is 0.0144. The Balaban J connectivity index is 1.71. The van der Waals surface area contributed by atoms with Crippen LogP contribution in [0.3, 0.4) is 0 Å². The molecule has 152 valence electrons. The molecule has 12 heteroatoms. The molecule has 3 rings (SSSR count). The minimum Gasteiger partial charge on any atom is -0.477 e. The fourth-order valence-corrected chi connectivity index (χ4v) is 5.96. The molecule has 0 spiro atoms. The molecule has 0 aromatic carbocycles. The van der Waals surface area contributed by atoms with E-state index in [9.17, 15) is 28.2 Å². The molecule has 2 saturated heterocycles. The molecule has 0 aromatic heterocycles. The van der Waals surface area contributed by atoms with Gasteiger partial charge in [-0.2, -0.15) is 13.1 Å². The van der Waals surface area contributed by atoms with Gasteiger partial charge in [-0.05, 0) is 13.3 Å². The number of amides is 1. The monoisotopic (exact) mass is 420 g/mol. The Morgan fingerprint density at radius 1 is 1.48 bits per heavy atom. The smallest absolute Gasteiger partial charge is 0.353 e. The second kappa shape index (κ2) is 7.33. The van der Waals surface area contributed by atoms with Crippen LogP contribution in [0.25, 0.3) is 0 Å². The number of nitrogens with two attached hydrogens (primary N) is 1. The van der Waals surface area contributed by atoms with Crippen molar-refractivity contribution in [3.63, 3.8) is 0 Å². The number of hydrogen-bond acceptors (Lipinski definition) is 7. The molecule has 0 unspecified atom stereocenters. The van der Waals surface area contributed by atoms with Gasteiger partial charge in [0, 0.05) is 29.2 Å². The summed E-state index contributed by atoms with van der Waals surface area (Å²) in [5, 5.41) is 24.5. The number of fused-ring (bicyclic) bond motifs is 1. The average molecular weight is 421 g/mol. The zero-order chi connectivity index (χ0) is 20.1. The molecule has 0 bridgehead atoms. The molecular weight excluding hydrogens is 396 g/mol. The normalized spacial score (nSPS) is 32.6. The summed E-state index contributed by atoms with van der Waals surface area (Å²) < 4.78 is 24.3. The Labute approximate surface area is 161 Å². The van der Waals surface area contributed by atoms with E-state index in [0.29, 0.717) is 18.0 Å². The number of aliphatic hydroxyl groups excluding tert-OH is 1. The second-order valence-electron chi connectivity index (χ2n) is 7.22. The summed E-state index contributed by atoms with van der Waals surface area (Å²) in [6.07, 6.45) is -0.0646. The van der Waals surface area contributed by atoms with Gasteiger partial charge in [0.05, 0.1) is 24.7 Å². The minimum atomic E-state index is -3.76. The van der Waals surface area contributed by atoms with Crippen molar-refractivity contribution in [2.75, 3.05) is 19.8 Å². The number of nitrogens with zero attached hydrogens (tertiary/aromatic N) is 2. The number of β-lactam (4-membered cyclic amide) rings is 1. The van der Waals surface area contributed by atoms with E-state index in [1.807, 2.05) is 11.8 Å². The first-order valence-corrected chi connectivity index (χ1v) is 11.1. The van der Waals surface area contributed by atoms with Gasteiger partial charge in [0.1, 0.15) is 5.70 Å². The molecule has 0 aliphatic carbocycles. The van der Waals surface area contributed by atoms with Gasteiger partial charge in [0.2, 0.25) is 5.91 Å². The van der Waals surface area contributed by atoms with E-state index in [2.05, 4.69) is 4.72 Å². The molecule has 1 amide bonds. The molecule has 3 heterocycles. The second-order valence-corrected chi connectivity index (χ2v) is 9.95. The van der Waals surface area contributed by atoms with E-state index in [1.54, 1.807) is 6.92 Å². The van der Waals surface area contributed by atoms with Crippen LogP contribution in [-0.4, -0.2) is 77.5 Å². The Morgan fingerprint density at radius 3 is 2.70 bits per heavy atom. The Hall–Kier alpha value is -1.18.